The molecule has 1 amide bonds. The quantitative estimate of drug-likeness (QED) is 0.320. The molecule has 4 atom stereocenters. The molecule has 0 radical (unpaired) electrons. The van der Waals surface area contributed by atoms with Crippen LogP contribution in [0.1, 0.15) is 78.6 Å². The fourth-order valence-corrected chi connectivity index (χ4v) is 7.36. The number of hydrogen-bond acceptors (Lipinski definition) is 5. The summed E-state index contributed by atoms with van der Waals surface area (Å²) < 4.78 is 11.3. The maximum atomic E-state index is 13.5. The van der Waals surface area contributed by atoms with Crippen molar-refractivity contribution < 1.29 is 19.1 Å². The number of rotatable bonds is 7. The van der Waals surface area contributed by atoms with Crippen molar-refractivity contribution in [2.45, 2.75) is 71.9 Å². The fourth-order valence-electron chi connectivity index (χ4n) is 7.36. The number of allylic oxidation sites excluding steroid dienone is 1. The SMILES string of the molecule is CCC1CN2CCc3cc(C)c(C)cc3C2CC1CC1c2cc(OC)c(OC)cc2CCN1C(=O)/C=C(\C)C=O. The van der Waals surface area contributed by atoms with Crippen molar-refractivity contribution in [1.29, 1.82) is 0 Å². The lowest BCUT2D eigenvalue weighted by Gasteiger charge is -2.49. The Balaban J connectivity index is 1.52. The number of aryl methyl sites for hydroxylation is 2. The summed E-state index contributed by atoms with van der Waals surface area (Å²) in [4.78, 5) is 29.6. The number of fused-ring (bicyclic) bond motifs is 4. The van der Waals surface area contributed by atoms with E-state index < -0.39 is 0 Å². The number of nitrogens with zero attached hydrogens (tertiary/aromatic N) is 2. The summed E-state index contributed by atoms with van der Waals surface area (Å²) in [5, 5.41) is 0. The second-order valence-corrected chi connectivity index (χ2v) is 12.0. The van der Waals surface area contributed by atoms with E-state index in [1.54, 1.807) is 21.1 Å². The fraction of sp³-hybridized carbons (Fsp3) is 0.529. The van der Waals surface area contributed by atoms with Gasteiger partial charge in [0.2, 0.25) is 5.91 Å². The van der Waals surface area contributed by atoms with Gasteiger partial charge in [0, 0.05) is 31.8 Å². The van der Waals surface area contributed by atoms with Gasteiger partial charge < -0.3 is 14.4 Å². The number of methoxy groups -OCH3 is 2. The van der Waals surface area contributed by atoms with Gasteiger partial charge in [0.05, 0.1) is 20.3 Å². The second kappa shape index (κ2) is 11.8. The molecule has 2 aromatic rings. The molecule has 0 aromatic heterocycles. The van der Waals surface area contributed by atoms with Crippen molar-refractivity contribution in [3.63, 3.8) is 0 Å². The molecule has 6 nitrogen and oxygen atoms in total. The van der Waals surface area contributed by atoms with Crippen molar-refractivity contribution in [3.05, 3.63) is 69.3 Å². The van der Waals surface area contributed by atoms with Crippen LogP contribution >= 0.6 is 0 Å². The Bertz CT molecular complexity index is 1320. The van der Waals surface area contributed by atoms with Gasteiger partial charge in [-0.05, 0) is 109 Å². The van der Waals surface area contributed by atoms with Gasteiger partial charge in [0.25, 0.3) is 0 Å². The zero-order valence-electron chi connectivity index (χ0n) is 25.0. The van der Waals surface area contributed by atoms with Gasteiger partial charge in [-0.2, -0.15) is 0 Å². The molecule has 0 spiro atoms. The molecular weight excluding hydrogens is 500 g/mol. The molecule has 0 saturated carbocycles. The van der Waals surface area contributed by atoms with Gasteiger partial charge in [-0.1, -0.05) is 25.5 Å². The molecule has 0 N–H and O–H groups in total. The van der Waals surface area contributed by atoms with Crippen molar-refractivity contribution in [2.24, 2.45) is 11.8 Å². The summed E-state index contributed by atoms with van der Waals surface area (Å²) in [6.45, 7) is 11.3. The molecule has 0 bridgehead atoms. The zero-order chi connectivity index (χ0) is 28.6. The highest BCUT2D eigenvalue weighted by molar-refractivity contribution is 5.93. The number of hydrogen-bond donors (Lipinski definition) is 0. The van der Waals surface area contributed by atoms with Gasteiger partial charge in [-0.25, -0.2) is 0 Å². The molecule has 1 fully saturated rings. The lowest BCUT2D eigenvalue weighted by atomic mass is 9.71. The van der Waals surface area contributed by atoms with Crippen molar-refractivity contribution in [1.82, 2.24) is 9.80 Å². The summed E-state index contributed by atoms with van der Waals surface area (Å²) >= 11 is 0. The van der Waals surface area contributed by atoms with E-state index in [1.807, 2.05) is 4.90 Å². The second-order valence-electron chi connectivity index (χ2n) is 12.0. The monoisotopic (exact) mass is 544 g/mol. The molecule has 2 aromatic carbocycles. The van der Waals surface area contributed by atoms with Crippen LogP contribution in [0.25, 0.3) is 0 Å². The Morgan fingerprint density at radius 2 is 1.62 bits per heavy atom. The number of benzene rings is 2. The Labute approximate surface area is 239 Å². The van der Waals surface area contributed by atoms with Crippen LogP contribution in [0.3, 0.4) is 0 Å². The van der Waals surface area contributed by atoms with E-state index in [0.717, 1.165) is 62.8 Å². The van der Waals surface area contributed by atoms with Crippen LogP contribution in [0.5, 0.6) is 11.5 Å². The summed E-state index contributed by atoms with van der Waals surface area (Å²) in [7, 11) is 3.33. The van der Waals surface area contributed by atoms with E-state index in [0.29, 0.717) is 35.7 Å². The Kier molecular flexibility index (Phi) is 8.37. The van der Waals surface area contributed by atoms with Crippen molar-refractivity contribution in [3.8, 4) is 11.5 Å². The summed E-state index contributed by atoms with van der Waals surface area (Å²) in [5.41, 5.74) is 8.55. The van der Waals surface area contributed by atoms with Crippen LogP contribution in [-0.2, 0) is 22.4 Å². The molecule has 0 aliphatic carbocycles. The van der Waals surface area contributed by atoms with Crippen molar-refractivity contribution in [2.75, 3.05) is 33.9 Å². The van der Waals surface area contributed by atoms with Gasteiger partial charge in [0.1, 0.15) is 6.29 Å². The predicted molar refractivity (Wildman–Crippen MR) is 158 cm³/mol. The molecule has 6 heteroatoms. The standard InChI is InChI=1S/C34H44N2O4/c1-7-24-19-35-10-8-25-13-22(3)23(4)14-28(25)30(35)15-27(24)16-31-29-18-33(40-6)32(39-5)17-26(29)9-11-36(31)34(38)12-21(2)20-37/h12-14,17-18,20,24,27,30-31H,7-11,15-16,19H2,1-6H3/b21-12+. The smallest absolute Gasteiger partial charge is 0.247 e. The van der Waals surface area contributed by atoms with E-state index in [1.165, 1.54) is 33.9 Å². The van der Waals surface area contributed by atoms with Crippen LogP contribution in [0.4, 0.5) is 0 Å². The minimum Gasteiger partial charge on any atom is -0.493 e. The minimum atomic E-state index is -0.0883. The average molecular weight is 545 g/mol. The molecule has 3 aliphatic rings. The molecule has 5 rings (SSSR count). The molecule has 1 saturated heterocycles. The van der Waals surface area contributed by atoms with E-state index in [4.69, 9.17) is 9.47 Å². The highest BCUT2D eigenvalue weighted by Crippen LogP contribution is 2.48. The van der Waals surface area contributed by atoms with Crippen molar-refractivity contribution >= 4 is 12.2 Å². The number of aldehydes is 1. The largest absolute Gasteiger partial charge is 0.493 e. The van der Waals surface area contributed by atoms with E-state index in [9.17, 15) is 9.59 Å². The van der Waals surface area contributed by atoms with E-state index >= 15 is 0 Å². The molecular formula is C34H44N2O4. The maximum Gasteiger partial charge on any atom is 0.247 e. The van der Waals surface area contributed by atoms with Crippen LogP contribution < -0.4 is 9.47 Å². The molecule has 214 valence electrons. The van der Waals surface area contributed by atoms with E-state index in [-0.39, 0.29) is 11.9 Å². The summed E-state index contributed by atoms with van der Waals surface area (Å²) in [5.74, 6) is 2.36. The Morgan fingerprint density at radius 3 is 2.33 bits per heavy atom. The minimum absolute atomic E-state index is 0.0832. The average Bonchev–Trinajstić information content (AvgIpc) is 2.96. The number of carbonyl (C=O) groups is 2. The molecule has 40 heavy (non-hydrogen) atoms. The van der Waals surface area contributed by atoms with Crippen LogP contribution in [0.2, 0.25) is 0 Å². The lowest BCUT2D eigenvalue weighted by Crippen LogP contribution is -2.47. The first-order valence-electron chi connectivity index (χ1n) is 14.8. The third kappa shape index (κ3) is 5.30. The highest BCUT2D eigenvalue weighted by Gasteiger charge is 2.41. The number of amides is 1. The Morgan fingerprint density at radius 1 is 0.950 bits per heavy atom. The van der Waals surface area contributed by atoms with Gasteiger partial charge >= 0.3 is 0 Å². The van der Waals surface area contributed by atoms with Crippen LogP contribution in [0, 0.1) is 25.7 Å². The molecule has 3 aliphatic heterocycles. The van der Waals surface area contributed by atoms with Gasteiger partial charge in [-0.3, -0.25) is 14.5 Å². The van der Waals surface area contributed by atoms with Gasteiger partial charge in [0.15, 0.2) is 11.5 Å². The van der Waals surface area contributed by atoms with E-state index in [2.05, 4.69) is 49.9 Å². The molecule has 4 unspecified atom stereocenters. The van der Waals surface area contributed by atoms with Gasteiger partial charge in [-0.15, -0.1) is 0 Å². The number of carbonyl (C=O) groups excluding carboxylic acids is 2. The first kappa shape index (κ1) is 28.4. The maximum absolute atomic E-state index is 13.5. The third-order valence-corrected chi connectivity index (χ3v) is 9.76. The van der Waals surface area contributed by atoms with Crippen LogP contribution in [-0.4, -0.2) is 55.8 Å². The predicted octanol–water partition coefficient (Wildman–Crippen LogP) is 5.93. The summed E-state index contributed by atoms with van der Waals surface area (Å²) in [6.07, 6.45) is 7.23. The topological polar surface area (TPSA) is 59.1 Å². The Hall–Kier alpha value is -3.12. The normalized spacial score (nSPS) is 24.6. The van der Waals surface area contributed by atoms with Crippen LogP contribution in [0.15, 0.2) is 35.9 Å². The third-order valence-electron chi connectivity index (χ3n) is 9.76. The highest BCUT2D eigenvalue weighted by atomic mass is 16.5. The zero-order valence-corrected chi connectivity index (χ0v) is 25.0. The number of ether oxygens (including phenoxy) is 2. The molecule has 3 heterocycles. The first-order valence-corrected chi connectivity index (χ1v) is 14.8. The number of piperidine rings is 1. The first-order chi connectivity index (χ1) is 19.3. The lowest BCUT2D eigenvalue weighted by molar-refractivity contribution is -0.129. The summed E-state index contributed by atoms with van der Waals surface area (Å²) in [6, 6.07) is 9.33.